The quantitative estimate of drug-likeness (QED) is 0.745. The molecule has 30 heavy (non-hydrogen) atoms. The summed E-state index contributed by atoms with van der Waals surface area (Å²) in [7, 11) is 0. The van der Waals surface area contributed by atoms with Crippen LogP contribution in [-0.4, -0.2) is 48.9 Å². The van der Waals surface area contributed by atoms with Crippen LogP contribution in [0.3, 0.4) is 0 Å². The number of nitrogens with one attached hydrogen (secondary N) is 1. The molecule has 3 rings (SSSR count). The van der Waals surface area contributed by atoms with Gasteiger partial charge in [0.15, 0.2) is 6.61 Å². The fourth-order valence-corrected chi connectivity index (χ4v) is 3.85. The number of ether oxygens (including phenoxy) is 1. The number of nitrogens with zero attached hydrogens (tertiary/aromatic N) is 1. The van der Waals surface area contributed by atoms with Crippen LogP contribution >= 0.6 is 0 Å². The zero-order valence-electron chi connectivity index (χ0n) is 17.5. The Morgan fingerprint density at radius 1 is 0.933 bits per heavy atom. The maximum Gasteiger partial charge on any atom is 0.325 e. The summed E-state index contributed by atoms with van der Waals surface area (Å²) in [5, 5.41) is 2.54. The lowest BCUT2D eigenvalue weighted by atomic mass is 9.92. The molecule has 2 atom stereocenters. The third kappa shape index (κ3) is 5.92. The summed E-state index contributed by atoms with van der Waals surface area (Å²) >= 11 is 0. The van der Waals surface area contributed by atoms with Gasteiger partial charge in [0, 0.05) is 18.7 Å². The lowest BCUT2D eigenvalue weighted by Crippen LogP contribution is -2.44. The highest BCUT2D eigenvalue weighted by Crippen LogP contribution is 2.21. The molecule has 0 saturated carbocycles. The lowest BCUT2D eigenvalue weighted by Gasteiger charge is -2.34. The van der Waals surface area contributed by atoms with Gasteiger partial charge in [-0.25, -0.2) is 0 Å². The first-order valence-electron chi connectivity index (χ1n) is 10.3. The smallest absolute Gasteiger partial charge is 0.325 e. The van der Waals surface area contributed by atoms with Crippen LogP contribution in [0, 0.1) is 11.8 Å². The van der Waals surface area contributed by atoms with E-state index in [1.807, 2.05) is 42.5 Å². The summed E-state index contributed by atoms with van der Waals surface area (Å²) in [6.07, 6.45) is 1.10. The van der Waals surface area contributed by atoms with Gasteiger partial charge in [0.2, 0.25) is 0 Å². The molecule has 2 aromatic carbocycles. The van der Waals surface area contributed by atoms with Crippen molar-refractivity contribution in [3.8, 4) is 11.1 Å². The number of rotatable bonds is 6. The minimum Gasteiger partial charge on any atom is -0.454 e. The zero-order valence-corrected chi connectivity index (χ0v) is 17.5. The van der Waals surface area contributed by atoms with E-state index in [2.05, 4.69) is 19.2 Å². The number of carbonyl (C=O) groups excluding carboxylic acids is 3. The van der Waals surface area contributed by atoms with Gasteiger partial charge >= 0.3 is 5.97 Å². The fourth-order valence-electron chi connectivity index (χ4n) is 3.85. The van der Waals surface area contributed by atoms with E-state index < -0.39 is 5.97 Å². The lowest BCUT2D eigenvalue weighted by molar-refractivity contribution is -0.152. The second kappa shape index (κ2) is 10.1. The van der Waals surface area contributed by atoms with Crippen LogP contribution in [0.2, 0.25) is 0 Å². The van der Waals surface area contributed by atoms with Crippen molar-refractivity contribution in [1.82, 2.24) is 10.2 Å². The van der Waals surface area contributed by atoms with Gasteiger partial charge in [0.1, 0.15) is 6.54 Å². The molecule has 0 unspecified atom stereocenters. The summed E-state index contributed by atoms with van der Waals surface area (Å²) in [6, 6.07) is 17.0. The molecular formula is C24H28N2O4. The van der Waals surface area contributed by atoms with E-state index in [4.69, 9.17) is 4.74 Å². The van der Waals surface area contributed by atoms with Crippen molar-refractivity contribution in [1.29, 1.82) is 0 Å². The maximum atomic E-state index is 12.3. The molecule has 1 aliphatic rings. The van der Waals surface area contributed by atoms with E-state index >= 15 is 0 Å². The minimum atomic E-state index is -0.629. The van der Waals surface area contributed by atoms with Gasteiger partial charge in [0.05, 0.1) is 0 Å². The van der Waals surface area contributed by atoms with Gasteiger partial charge in [-0.2, -0.15) is 0 Å². The number of piperidine rings is 1. The average Bonchev–Trinajstić information content (AvgIpc) is 2.75. The van der Waals surface area contributed by atoms with Crippen LogP contribution in [0.5, 0.6) is 0 Å². The van der Waals surface area contributed by atoms with Crippen LogP contribution in [0.1, 0.15) is 30.6 Å². The molecule has 1 N–H and O–H groups in total. The first-order chi connectivity index (χ1) is 14.4. The predicted molar refractivity (Wildman–Crippen MR) is 115 cm³/mol. The standard InChI is InChI=1S/C24H28N2O4/c1-17-12-18(2)15-26(14-17)22(27)16-30-23(28)13-25-24(29)21-10-8-20(9-11-21)19-6-4-3-5-7-19/h3-11,17-18H,12-16H2,1-2H3,(H,25,29)/t17-,18-/m1/s1. The Hall–Kier alpha value is -3.15. The summed E-state index contributed by atoms with van der Waals surface area (Å²) in [5.41, 5.74) is 2.52. The highest BCUT2D eigenvalue weighted by Gasteiger charge is 2.25. The maximum absolute atomic E-state index is 12.3. The van der Waals surface area contributed by atoms with Crippen molar-refractivity contribution in [3.05, 3.63) is 60.2 Å². The Labute approximate surface area is 177 Å². The Balaban J connectivity index is 1.43. The highest BCUT2D eigenvalue weighted by molar-refractivity contribution is 5.96. The Morgan fingerprint density at radius 3 is 2.17 bits per heavy atom. The largest absolute Gasteiger partial charge is 0.454 e. The Morgan fingerprint density at radius 2 is 1.53 bits per heavy atom. The van der Waals surface area contributed by atoms with Gasteiger partial charge in [-0.15, -0.1) is 0 Å². The van der Waals surface area contributed by atoms with Crippen molar-refractivity contribution in [2.75, 3.05) is 26.2 Å². The normalized spacial score (nSPS) is 18.5. The van der Waals surface area contributed by atoms with Gasteiger partial charge in [-0.3, -0.25) is 14.4 Å². The van der Waals surface area contributed by atoms with Crippen molar-refractivity contribution in [2.24, 2.45) is 11.8 Å². The van der Waals surface area contributed by atoms with Gasteiger partial charge < -0.3 is 15.0 Å². The van der Waals surface area contributed by atoms with Crippen LogP contribution < -0.4 is 5.32 Å². The molecule has 2 amide bonds. The molecular weight excluding hydrogens is 380 g/mol. The van der Waals surface area contributed by atoms with Crippen molar-refractivity contribution >= 4 is 17.8 Å². The summed E-state index contributed by atoms with van der Waals surface area (Å²) < 4.78 is 5.05. The molecule has 1 saturated heterocycles. The third-order valence-electron chi connectivity index (χ3n) is 5.23. The number of esters is 1. The molecule has 0 spiro atoms. The van der Waals surface area contributed by atoms with Crippen molar-refractivity contribution in [2.45, 2.75) is 20.3 Å². The molecule has 1 aliphatic heterocycles. The minimum absolute atomic E-state index is 0.190. The molecule has 158 valence electrons. The molecule has 1 heterocycles. The SMILES string of the molecule is C[C@@H]1C[C@@H](C)CN(C(=O)COC(=O)CNC(=O)c2ccc(-c3ccccc3)cc2)C1. The van der Waals surface area contributed by atoms with E-state index in [9.17, 15) is 14.4 Å². The average molecular weight is 408 g/mol. The van der Waals surface area contributed by atoms with E-state index in [0.29, 0.717) is 30.5 Å². The van der Waals surface area contributed by atoms with Crippen LogP contribution in [0.4, 0.5) is 0 Å². The van der Waals surface area contributed by atoms with E-state index in [-0.39, 0.29) is 25.0 Å². The van der Waals surface area contributed by atoms with E-state index in [1.165, 1.54) is 0 Å². The topological polar surface area (TPSA) is 75.7 Å². The number of benzene rings is 2. The summed E-state index contributed by atoms with van der Waals surface area (Å²) in [6.45, 7) is 5.04. The molecule has 0 radical (unpaired) electrons. The van der Waals surface area contributed by atoms with E-state index in [1.54, 1.807) is 17.0 Å². The molecule has 0 bridgehead atoms. The Bertz CT molecular complexity index is 870. The Kier molecular flexibility index (Phi) is 7.22. The third-order valence-corrected chi connectivity index (χ3v) is 5.23. The number of carbonyl (C=O) groups is 3. The summed E-state index contributed by atoms with van der Waals surface area (Å²) in [5.74, 6) is -0.293. The number of likely N-dealkylation sites (tertiary alicyclic amines) is 1. The van der Waals surface area contributed by atoms with Crippen LogP contribution in [-0.2, 0) is 14.3 Å². The molecule has 2 aromatic rings. The van der Waals surface area contributed by atoms with Crippen molar-refractivity contribution < 1.29 is 19.1 Å². The molecule has 1 fully saturated rings. The predicted octanol–water partition coefficient (Wildman–Crippen LogP) is 3.13. The fraction of sp³-hybridized carbons (Fsp3) is 0.375. The molecule has 0 aliphatic carbocycles. The molecule has 6 nitrogen and oxygen atoms in total. The highest BCUT2D eigenvalue weighted by atomic mass is 16.5. The van der Waals surface area contributed by atoms with Crippen LogP contribution in [0.25, 0.3) is 11.1 Å². The second-order valence-electron chi connectivity index (χ2n) is 8.03. The molecule has 6 heteroatoms. The summed E-state index contributed by atoms with van der Waals surface area (Å²) in [4.78, 5) is 38.2. The van der Waals surface area contributed by atoms with Gasteiger partial charge in [-0.05, 0) is 41.5 Å². The second-order valence-corrected chi connectivity index (χ2v) is 8.03. The molecule has 0 aromatic heterocycles. The van der Waals surface area contributed by atoms with Gasteiger partial charge in [-0.1, -0.05) is 56.3 Å². The first-order valence-corrected chi connectivity index (χ1v) is 10.3. The monoisotopic (exact) mass is 408 g/mol. The number of amides is 2. The van der Waals surface area contributed by atoms with E-state index in [0.717, 1.165) is 17.5 Å². The zero-order chi connectivity index (χ0) is 21.5. The number of hydrogen-bond acceptors (Lipinski definition) is 4. The first kappa shape index (κ1) is 21.6. The van der Waals surface area contributed by atoms with Crippen molar-refractivity contribution in [3.63, 3.8) is 0 Å². The van der Waals surface area contributed by atoms with Crippen LogP contribution in [0.15, 0.2) is 54.6 Å². The number of hydrogen-bond donors (Lipinski definition) is 1. The van der Waals surface area contributed by atoms with Gasteiger partial charge in [0.25, 0.3) is 11.8 Å².